The number of carbonyl (C=O) groups is 1. The molecule has 3 rings (SSSR count). The molecule has 0 saturated heterocycles. The van der Waals surface area contributed by atoms with E-state index in [1.165, 1.54) is 5.56 Å². The SMILES string of the molecule is NC(CC(=O)NC1CC(c2ccccc2)C1)c1ccccc1. The number of nitrogens with two attached hydrogens (primary N) is 1. The number of amides is 1. The molecule has 0 bridgehead atoms. The summed E-state index contributed by atoms with van der Waals surface area (Å²) < 4.78 is 0. The summed E-state index contributed by atoms with van der Waals surface area (Å²) in [7, 11) is 0. The third-order valence-corrected chi connectivity index (χ3v) is 4.41. The van der Waals surface area contributed by atoms with Gasteiger partial charge in [0.2, 0.25) is 5.91 Å². The minimum Gasteiger partial charge on any atom is -0.353 e. The van der Waals surface area contributed by atoms with Crippen LogP contribution in [0.4, 0.5) is 0 Å². The van der Waals surface area contributed by atoms with Crippen molar-refractivity contribution in [2.24, 2.45) is 5.73 Å². The van der Waals surface area contributed by atoms with Crippen LogP contribution in [-0.4, -0.2) is 11.9 Å². The van der Waals surface area contributed by atoms with Crippen molar-refractivity contribution in [2.75, 3.05) is 0 Å². The second kappa shape index (κ2) is 6.75. The van der Waals surface area contributed by atoms with Crippen molar-refractivity contribution >= 4 is 5.91 Å². The second-order valence-electron chi connectivity index (χ2n) is 6.06. The number of carbonyl (C=O) groups excluding carboxylic acids is 1. The predicted molar refractivity (Wildman–Crippen MR) is 88.3 cm³/mol. The molecule has 1 aliphatic rings. The van der Waals surface area contributed by atoms with Crippen molar-refractivity contribution in [2.45, 2.75) is 37.3 Å². The lowest BCUT2D eigenvalue weighted by Gasteiger charge is -2.36. The molecule has 2 aromatic rings. The van der Waals surface area contributed by atoms with E-state index >= 15 is 0 Å². The molecule has 1 atom stereocenters. The van der Waals surface area contributed by atoms with Gasteiger partial charge in [-0.2, -0.15) is 0 Å². The summed E-state index contributed by atoms with van der Waals surface area (Å²) in [6, 6.07) is 20.3. The third kappa shape index (κ3) is 3.55. The van der Waals surface area contributed by atoms with Gasteiger partial charge in [-0.3, -0.25) is 4.79 Å². The topological polar surface area (TPSA) is 55.1 Å². The Labute approximate surface area is 131 Å². The summed E-state index contributed by atoms with van der Waals surface area (Å²) in [5.74, 6) is 0.627. The number of rotatable bonds is 5. The molecule has 3 heteroatoms. The molecule has 1 saturated carbocycles. The van der Waals surface area contributed by atoms with E-state index in [9.17, 15) is 4.79 Å². The molecule has 0 heterocycles. The van der Waals surface area contributed by atoms with Gasteiger partial charge in [-0.1, -0.05) is 60.7 Å². The molecule has 3 N–H and O–H groups in total. The lowest BCUT2D eigenvalue weighted by Crippen LogP contribution is -2.44. The normalized spacial score (nSPS) is 21.7. The fraction of sp³-hybridized carbons (Fsp3) is 0.316. The van der Waals surface area contributed by atoms with Gasteiger partial charge in [-0.05, 0) is 29.9 Å². The lowest BCUT2D eigenvalue weighted by atomic mass is 9.76. The highest BCUT2D eigenvalue weighted by molar-refractivity contribution is 5.77. The quantitative estimate of drug-likeness (QED) is 0.890. The summed E-state index contributed by atoms with van der Waals surface area (Å²) in [5.41, 5.74) is 8.47. The smallest absolute Gasteiger partial charge is 0.222 e. The highest BCUT2D eigenvalue weighted by Crippen LogP contribution is 2.36. The molecule has 0 radical (unpaired) electrons. The fourth-order valence-electron chi connectivity index (χ4n) is 3.04. The standard InChI is InChI=1S/C19H22N2O/c20-18(15-9-5-2-6-10-15)13-19(22)21-17-11-16(12-17)14-7-3-1-4-8-14/h1-10,16-18H,11-13,20H2,(H,21,22). The zero-order valence-corrected chi connectivity index (χ0v) is 12.6. The van der Waals surface area contributed by atoms with Crippen LogP contribution in [0.5, 0.6) is 0 Å². The van der Waals surface area contributed by atoms with Gasteiger partial charge in [0.05, 0.1) is 0 Å². The van der Waals surface area contributed by atoms with Crippen LogP contribution in [0.25, 0.3) is 0 Å². The first-order chi connectivity index (χ1) is 10.7. The summed E-state index contributed by atoms with van der Waals surface area (Å²) in [4.78, 5) is 12.1. The van der Waals surface area contributed by atoms with Crippen LogP contribution >= 0.6 is 0 Å². The molecule has 22 heavy (non-hydrogen) atoms. The first kappa shape index (κ1) is 14.8. The van der Waals surface area contributed by atoms with Gasteiger partial charge in [0, 0.05) is 18.5 Å². The first-order valence-electron chi connectivity index (χ1n) is 7.87. The van der Waals surface area contributed by atoms with Crippen molar-refractivity contribution in [1.29, 1.82) is 0 Å². The van der Waals surface area contributed by atoms with E-state index in [2.05, 4.69) is 29.6 Å². The van der Waals surface area contributed by atoms with Crippen molar-refractivity contribution in [3.63, 3.8) is 0 Å². The molecular weight excluding hydrogens is 272 g/mol. The molecule has 114 valence electrons. The minimum atomic E-state index is -0.230. The number of benzene rings is 2. The Morgan fingerprint density at radius 2 is 1.64 bits per heavy atom. The molecule has 1 unspecified atom stereocenters. The molecule has 1 amide bonds. The first-order valence-corrected chi connectivity index (χ1v) is 7.87. The number of hydrogen-bond acceptors (Lipinski definition) is 2. The van der Waals surface area contributed by atoms with Gasteiger partial charge < -0.3 is 11.1 Å². The third-order valence-electron chi connectivity index (χ3n) is 4.41. The van der Waals surface area contributed by atoms with Gasteiger partial charge in [0.15, 0.2) is 0 Å². The maximum atomic E-state index is 12.1. The highest BCUT2D eigenvalue weighted by atomic mass is 16.1. The van der Waals surface area contributed by atoms with Crippen LogP contribution in [0.1, 0.15) is 42.3 Å². The fourth-order valence-corrected chi connectivity index (χ4v) is 3.04. The Balaban J connectivity index is 1.44. The Morgan fingerprint density at radius 1 is 1.05 bits per heavy atom. The summed E-state index contributed by atoms with van der Waals surface area (Å²) >= 11 is 0. The summed E-state index contributed by atoms with van der Waals surface area (Å²) in [6.45, 7) is 0. The zero-order valence-electron chi connectivity index (χ0n) is 12.6. The van der Waals surface area contributed by atoms with Crippen LogP contribution in [0, 0.1) is 0 Å². The molecule has 3 nitrogen and oxygen atoms in total. The lowest BCUT2D eigenvalue weighted by molar-refractivity contribution is -0.122. The van der Waals surface area contributed by atoms with Gasteiger partial charge in [0.1, 0.15) is 0 Å². The minimum absolute atomic E-state index is 0.0489. The Morgan fingerprint density at radius 3 is 2.27 bits per heavy atom. The Kier molecular flexibility index (Phi) is 4.54. The Hall–Kier alpha value is -2.13. The van der Waals surface area contributed by atoms with E-state index in [1.54, 1.807) is 0 Å². The van der Waals surface area contributed by atoms with E-state index in [0.29, 0.717) is 18.4 Å². The van der Waals surface area contributed by atoms with Crippen LogP contribution in [0.2, 0.25) is 0 Å². The molecular formula is C19H22N2O. The molecule has 1 aliphatic carbocycles. The van der Waals surface area contributed by atoms with E-state index < -0.39 is 0 Å². The van der Waals surface area contributed by atoms with Gasteiger partial charge in [-0.25, -0.2) is 0 Å². The number of nitrogens with one attached hydrogen (secondary N) is 1. The monoisotopic (exact) mass is 294 g/mol. The summed E-state index contributed by atoms with van der Waals surface area (Å²) in [5, 5.41) is 3.10. The van der Waals surface area contributed by atoms with Gasteiger partial charge >= 0.3 is 0 Å². The van der Waals surface area contributed by atoms with Gasteiger partial charge in [-0.15, -0.1) is 0 Å². The van der Waals surface area contributed by atoms with Crippen LogP contribution in [0.15, 0.2) is 60.7 Å². The second-order valence-corrected chi connectivity index (χ2v) is 6.06. The highest BCUT2D eigenvalue weighted by Gasteiger charge is 2.31. The van der Waals surface area contributed by atoms with Crippen LogP contribution in [0.3, 0.4) is 0 Å². The van der Waals surface area contributed by atoms with E-state index in [-0.39, 0.29) is 11.9 Å². The summed E-state index contributed by atoms with van der Waals surface area (Å²) in [6.07, 6.45) is 2.39. The van der Waals surface area contributed by atoms with Gasteiger partial charge in [0.25, 0.3) is 0 Å². The Bertz CT molecular complexity index is 606. The molecule has 1 fully saturated rings. The van der Waals surface area contributed by atoms with Crippen LogP contribution in [-0.2, 0) is 4.79 Å². The molecule has 0 spiro atoms. The average Bonchev–Trinajstić information content (AvgIpc) is 2.52. The number of hydrogen-bond donors (Lipinski definition) is 2. The van der Waals surface area contributed by atoms with Crippen LogP contribution < -0.4 is 11.1 Å². The van der Waals surface area contributed by atoms with Crippen molar-refractivity contribution in [3.8, 4) is 0 Å². The maximum absolute atomic E-state index is 12.1. The predicted octanol–water partition coefficient (Wildman–Crippen LogP) is 3.14. The molecule has 2 aromatic carbocycles. The molecule has 0 aliphatic heterocycles. The van der Waals surface area contributed by atoms with E-state index in [1.807, 2.05) is 36.4 Å². The van der Waals surface area contributed by atoms with E-state index in [4.69, 9.17) is 5.73 Å². The van der Waals surface area contributed by atoms with Crippen molar-refractivity contribution in [3.05, 3.63) is 71.8 Å². The zero-order chi connectivity index (χ0) is 15.4. The largest absolute Gasteiger partial charge is 0.353 e. The maximum Gasteiger partial charge on any atom is 0.222 e. The van der Waals surface area contributed by atoms with Crippen molar-refractivity contribution in [1.82, 2.24) is 5.32 Å². The van der Waals surface area contributed by atoms with Crippen molar-refractivity contribution < 1.29 is 4.79 Å². The average molecular weight is 294 g/mol. The molecule has 0 aromatic heterocycles. The van der Waals surface area contributed by atoms with E-state index in [0.717, 1.165) is 18.4 Å².